The maximum atomic E-state index is 14.3. The van der Waals surface area contributed by atoms with Crippen LogP contribution in [0.4, 0.5) is 0 Å². The van der Waals surface area contributed by atoms with Gasteiger partial charge in [0, 0.05) is 24.9 Å². The molecule has 0 unspecified atom stereocenters. The molecular formula is C40H57N5O7. The van der Waals surface area contributed by atoms with E-state index < -0.39 is 98.4 Å². The fourth-order valence-corrected chi connectivity index (χ4v) is 5.50. The van der Waals surface area contributed by atoms with Crippen LogP contribution in [0.3, 0.4) is 0 Å². The van der Waals surface area contributed by atoms with Crippen molar-refractivity contribution in [1.29, 1.82) is 0 Å². The van der Waals surface area contributed by atoms with Crippen molar-refractivity contribution in [2.45, 2.75) is 96.5 Å². The van der Waals surface area contributed by atoms with Crippen LogP contribution >= 0.6 is 0 Å². The quantitative estimate of drug-likeness (QED) is 0.152. The molecule has 12 heteroatoms. The number of morpholine rings is 1. The van der Waals surface area contributed by atoms with Crippen LogP contribution in [-0.4, -0.2) is 103 Å². The summed E-state index contributed by atoms with van der Waals surface area (Å²) in [6.45, 7) is -9.04. The average molecular weight is 731 g/mol. The SMILES string of the molecule is [2H]C1([2H])OC([2H])([2H])C([2H])([2H])N(CC(=O)N[C@@H](CCc2ccccc2)C(=O)N[C@@H](CC(C)C)C(=O)N[C@@H](Cc2ccccc2)C(=O)N[C@]([2H])(CC(C)C)C(=O)[C@]2(C)OC2([2H])[2H])C1([2H])[2H]. The molecule has 2 aliphatic rings. The highest BCUT2D eigenvalue weighted by Gasteiger charge is 2.50. The highest BCUT2D eigenvalue weighted by Crippen LogP contribution is 2.29. The van der Waals surface area contributed by atoms with Crippen LogP contribution in [0.1, 0.15) is 80.1 Å². The van der Waals surface area contributed by atoms with Crippen LogP contribution in [0.2, 0.25) is 0 Å². The number of amides is 4. The van der Waals surface area contributed by atoms with Gasteiger partial charge in [0.15, 0.2) is 5.78 Å². The van der Waals surface area contributed by atoms with Gasteiger partial charge < -0.3 is 30.7 Å². The topological polar surface area (TPSA) is 158 Å². The number of hydrogen-bond donors (Lipinski definition) is 4. The lowest BCUT2D eigenvalue weighted by atomic mass is 9.93. The third-order valence-electron chi connectivity index (χ3n) is 8.24. The van der Waals surface area contributed by atoms with E-state index in [1.807, 2.05) is 0 Å². The number of rotatable bonds is 20. The van der Waals surface area contributed by atoms with E-state index >= 15 is 0 Å². The van der Waals surface area contributed by atoms with E-state index in [9.17, 15) is 24.0 Å². The Bertz CT molecular complexity index is 1950. The number of nitrogens with one attached hydrogen (secondary N) is 4. The molecule has 0 spiro atoms. The number of aryl methyl sites for hydroxylation is 1. The lowest BCUT2D eigenvalue weighted by Crippen LogP contribution is -2.59. The average Bonchev–Trinajstić information content (AvgIpc) is 3.70. The first-order valence-corrected chi connectivity index (χ1v) is 17.4. The van der Waals surface area contributed by atoms with Crippen LogP contribution < -0.4 is 21.3 Å². The normalized spacial score (nSPS) is 28.2. The Morgan fingerprint density at radius 1 is 0.769 bits per heavy atom. The molecule has 52 heavy (non-hydrogen) atoms. The maximum absolute atomic E-state index is 14.3. The van der Waals surface area contributed by atoms with Crippen LogP contribution in [0, 0.1) is 11.8 Å². The molecule has 284 valence electrons. The molecule has 0 saturated carbocycles. The predicted octanol–water partition coefficient (Wildman–Crippen LogP) is 2.58. The molecule has 2 aromatic rings. The number of epoxide rings is 1. The fourth-order valence-electron chi connectivity index (χ4n) is 5.50. The van der Waals surface area contributed by atoms with Gasteiger partial charge in [-0.1, -0.05) is 88.4 Å². The third-order valence-corrected chi connectivity index (χ3v) is 8.24. The summed E-state index contributed by atoms with van der Waals surface area (Å²) in [5.74, 6) is -5.45. The highest BCUT2D eigenvalue weighted by molar-refractivity contribution is 5.98. The zero-order valence-corrected chi connectivity index (χ0v) is 30.2. The minimum absolute atomic E-state index is 0.00789. The fraction of sp³-hybridized carbons (Fsp3) is 0.575. The number of ketones is 1. The Morgan fingerprint density at radius 2 is 1.31 bits per heavy atom. The molecule has 2 fully saturated rings. The first-order valence-electron chi connectivity index (χ1n) is 22.9. The molecule has 5 atom stereocenters. The number of carbonyl (C=O) groups is 5. The van der Waals surface area contributed by atoms with Crippen molar-refractivity contribution in [2.24, 2.45) is 11.8 Å². The molecule has 4 N–H and O–H groups in total. The van der Waals surface area contributed by atoms with Gasteiger partial charge in [-0.2, -0.15) is 0 Å². The van der Waals surface area contributed by atoms with E-state index in [4.69, 9.17) is 19.8 Å². The first kappa shape index (κ1) is 27.5. The van der Waals surface area contributed by atoms with Crippen molar-refractivity contribution >= 4 is 29.4 Å². The van der Waals surface area contributed by atoms with Crippen LogP contribution in [0.25, 0.3) is 0 Å². The van der Waals surface area contributed by atoms with Gasteiger partial charge in [0.2, 0.25) is 23.6 Å². The summed E-state index contributed by atoms with van der Waals surface area (Å²) in [6.07, 6.45) is -0.248. The summed E-state index contributed by atoms with van der Waals surface area (Å²) < 4.78 is 99.7. The maximum Gasteiger partial charge on any atom is 0.243 e. The first-order chi connectivity index (χ1) is 28.9. The summed E-state index contributed by atoms with van der Waals surface area (Å²) in [6, 6.07) is 10.7. The Kier molecular flexibility index (Phi) is 10.4. The molecule has 0 bridgehead atoms. The van der Waals surface area contributed by atoms with E-state index in [0.717, 1.165) is 5.56 Å². The van der Waals surface area contributed by atoms with Crippen molar-refractivity contribution in [3.05, 3.63) is 71.8 Å². The number of benzene rings is 2. The zero-order chi connectivity index (χ0) is 47.6. The second-order valence-corrected chi connectivity index (χ2v) is 13.8. The number of Topliss-reactive ketones (excluding diaryl/α,β-unsaturated/α-hetero) is 1. The van der Waals surface area contributed by atoms with Crippen molar-refractivity contribution in [1.82, 2.24) is 26.2 Å². The van der Waals surface area contributed by atoms with Crippen molar-refractivity contribution in [2.75, 3.05) is 39.2 Å². The second-order valence-electron chi connectivity index (χ2n) is 13.8. The molecule has 2 heterocycles. The smallest absolute Gasteiger partial charge is 0.243 e. The molecule has 2 aromatic carbocycles. The third kappa shape index (κ3) is 13.1. The zero-order valence-electron chi connectivity index (χ0n) is 41.2. The van der Waals surface area contributed by atoms with E-state index in [1.165, 1.54) is 6.92 Å². The molecule has 0 aromatic heterocycles. The van der Waals surface area contributed by atoms with Gasteiger partial charge in [0.1, 0.15) is 23.7 Å². The summed E-state index contributed by atoms with van der Waals surface area (Å²) in [7, 11) is 0. The van der Waals surface area contributed by atoms with Gasteiger partial charge in [-0.25, -0.2) is 0 Å². The second kappa shape index (κ2) is 19.6. The van der Waals surface area contributed by atoms with Gasteiger partial charge in [0.05, 0.1) is 41.8 Å². The van der Waals surface area contributed by atoms with E-state index in [0.29, 0.717) is 5.56 Å². The van der Waals surface area contributed by atoms with Crippen molar-refractivity contribution < 1.29 is 48.5 Å². The predicted molar refractivity (Wildman–Crippen MR) is 198 cm³/mol. The van der Waals surface area contributed by atoms with Gasteiger partial charge in [-0.3, -0.25) is 28.9 Å². The summed E-state index contributed by atoms with van der Waals surface area (Å²) in [5.41, 5.74) is -0.673. The molecule has 0 aliphatic carbocycles. The molecule has 2 saturated heterocycles. The van der Waals surface area contributed by atoms with Gasteiger partial charge in [-0.05, 0) is 55.6 Å². The number of nitrogens with zero attached hydrogens (tertiary/aromatic N) is 1. The van der Waals surface area contributed by atoms with Gasteiger partial charge >= 0.3 is 0 Å². The Hall–Kier alpha value is -4.13. The van der Waals surface area contributed by atoms with Gasteiger partial charge in [0.25, 0.3) is 0 Å². The summed E-state index contributed by atoms with van der Waals surface area (Å²) >= 11 is 0. The Balaban J connectivity index is 1.62. The van der Waals surface area contributed by atoms with Crippen LogP contribution in [-0.2, 0) is 46.3 Å². The minimum atomic E-state index is -3.41. The Morgan fingerprint density at radius 3 is 1.88 bits per heavy atom. The van der Waals surface area contributed by atoms with Gasteiger partial charge in [-0.15, -0.1) is 0 Å². The van der Waals surface area contributed by atoms with E-state index in [1.54, 1.807) is 88.4 Å². The number of carbonyl (C=O) groups excluding carboxylic acids is 5. The molecule has 12 nitrogen and oxygen atoms in total. The molecular weight excluding hydrogens is 662 g/mol. The standard InChI is InChI=1S/C40H57N5O7/c1-27(2)22-32(36(47)40(5)26-52-40)42-39(50)34(24-30-14-10-7-11-15-30)44-38(49)33(23-28(3)4)43-37(48)31(17-16-29-12-8-6-9-13-29)41-35(46)25-45-18-20-51-21-19-45/h6-15,27-28,31-34H,16-26H2,1-5H3,(H,41,46)(H,42,50)(H,43,48)(H,44,49)/t31-,32+,33-,34-,40+/m0/s1/i18D2,19D2,20D2,21D2,26D2,32D. The van der Waals surface area contributed by atoms with E-state index in [2.05, 4.69) is 26.0 Å². The van der Waals surface area contributed by atoms with Crippen molar-refractivity contribution in [3.8, 4) is 0 Å². The Labute approximate surface area is 323 Å². The van der Waals surface area contributed by atoms with E-state index in [-0.39, 0.29) is 48.8 Å². The minimum Gasteiger partial charge on any atom is -0.379 e. The van der Waals surface area contributed by atoms with Crippen LogP contribution in [0.15, 0.2) is 60.7 Å². The number of ether oxygens (including phenoxy) is 2. The monoisotopic (exact) mass is 730 g/mol. The highest BCUT2D eigenvalue weighted by atomic mass is 16.6. The molecule has 4 rings (SSSR count). The number of hydrogen-bond acceptors (Lipinski definition) is 8. The molecule has 4 amide bonds. The summed E-state index contributed by atoms with van der Waals surface area (Å²) in [5, 5.41) is 10.2. The van der Waals surface area contributed by atoms with Crippen molar-refractivity contribution in [3.63, 3.8) is 0 Å². The largest absolute Gasteiger partial charge is 0.379 e. The van der Waals surface area contributed by atoms with Crippen LogP contribution in [0.5, 0.6) is 0 Å². The summed E-state index contributed by atoms with van der Waals surface area (Å²) in [4.78, 5) is 70.0. The molecule has 0 radical (unpaired) electrons. The lowest BCUT2D eigenvalue weighted by Gasteiger charge is -2.29. The lowest BCUT2D eigenvalue weighted by molar-refractivity contribution is -0.135. The molecule has 2 aliphatic heterocycles.